The first-order valence-corrected chi connectivity index (χ1v) is 9.29. The SMILES string of the molecule is C=C(C)C(=O)OCc1cc(CCC)ccc1-c1ccc(CCCN)cc1. The Bertz CT molecular complexity index is 747. The van der Waals surface area contributed by atoms with Gasteiger partial charge < -0.3 is 10.5 Å². The number of carbonyl (C=O) groups excluding carboxylic acids is 1. The van der Waals surface area contributed by atoms with Gasteiger partial charge in [0.15, 0.2) is 0 Å². The van der Waals surface area contributed by atoms with E-state index >= 15 is 0 Å². The van der Waals surface area contributed by atoms with Crippen LogP contribution in [0.1, 0.15) is 43.4 Å². The van der Waals surface area contributed by atoms with Gasteiger partial charge in [0.05, 0.1) is 0 Å². The summed E-state index contributed by atoms with van der Waals surface area (Å²) in [5.74, 6) is -0.353. The van der Waals surface area contributed by atoms with Gasteiger partial charge in [0, 0.05) is 5.57 Å². The molecule has 0 radical (unpaired) electrons. The molecule has 138 valence electrons. The van der Waals surface area contributed by atoms with Gasteiger partial charge in [-0.05, 0) is 60.5 Å². The molecule has 0 spiro atoms. The van der Waals surface area contributed by atoms with E-state index in [0.717, 1.165) is 42.4 Å². The van der Waals surface area contributed by atoms with Crippen LogP contribution in [0.15, 0.2) is 54.6 Å². The molecule has 2 aromatic rings. The molecule has 26 heavy (non-hydrogen) atoms. The molecule has 0 heterocycles. The van der Waals surface area contributed by atoms with Crippen LogP contribution in [0.25, 0.3) is 11.1 Å². The van der Waals surface area contributed by atoms with Gasteiger partial charge in [-0.25, -0.2) is 4.79 Å². The molecule has 2 rings (SSSR count). The summed E-state index contributed by atoms with van der Waals surface area (Å²) in [6, 6.07) is 15.0. The Balaban J connectivity index is 2.27. The lowest BCUT2D eigenvalue weighted by atomic mass is 9.95. The number of hydrogen-bond donors (Lipinski definition) is 1. The fourth-order valence-electron chi connectivity index (χ4n) is 2.92. The van der Waals surface area contributed by atoms with E-state index in [1.165, 1.54) is 11.1 Å². The van der Waals surface area contributed by atoms with Crippen LogP contribution >= 0.6 is 0 Å². The zero-order valence-corrected chi connectivity index (χ0v) is 15.9. The van der Waals surface area contributed by atoms with Gasteiger partial charge >= 0.3 is 5.97 Å². The predicted octanol–water partition coefficient (Wildman–Crippen LogP) is 4.82. The number of nitrogens with two attached hydrogens (primary N) is 1. The van der Waals surface area contributed by atoms with Gasteiger partial charge in [0.2, 0.25) is 0 Å². The molecule has 0 aromatic heterocycles. The lowest BCUT2D eigenvalue weighted by molar-refractivity contribution is -0.140. The predicted molar refractivity (Wildman–Crippen MR) is 108 cm³/mol. The van der Waals surface area contributed by atoms with E-state index in [4.69, 9.17) is 10.5 Å². The third-order valence-electron chi connectivity index (χ3n) is 4.35. The summed E-state index contributed by atoms with van der Waals surface area (Å²) in [6.07, 6.45) is 4.09. The Hall–Kier alpha value is -2.39. The maximum absolute atomic E-state index is 11.8. The Labute approximate surface area is 156 Å². The minimum absolute atomic E-state index is 0.257. The monoisotopic (exact) mass is 351 g/mol. The normalized spacial score (nSPS) is 10.6. The summed E-state index contributed by atoms with van der Waals surface area (Å²) < 4.78 is 5.41. The van der Waals surface area contributed by atoms with Crippen molar-refractivity contribution in [3.8, 4) is 11.1 Å². The highest BCUT2D eigenvalue weighted by Gasteiger charge is 2.10. The van der Waals surface area contributed by atoms with E-state index in [0.29, 0.717) is 12.1 Å². The molecule has 0 saturated heterocycles. The second-order valence-corrected chi connectivity index (χ2v) is 6.69. The largest absolute Gasteiger partial charge is 0.457 e. The molecule has 3 heteroatoms. The average Bonchev–Trinajstić information content (AvgIpc) is 2.65. The van der Waals surface area contributed by atoms with E-state index in [9.17, 15) is 4.79 Å². The molecule has 0 amide bonds. The molecule has 0 unspecified atom stereocenters. The van der Waals surface area contributed by atoms with Crippen molar-refractivity contribution in [2.45, 2.75) is 46.1 Å². The fraction of sp³-hybridized carbons (Fsp3) is 0.348. The van der Waals surface area contributed by atoms with E-state index in [1.54, 1.807) is 6.92 Å². The third kappa shape index (κ3) is 5.57. The fourth-order valence-corrected chi connectivity index (χ4v) is 2.92. The highest BCUT2D eigenvalue weighted by atomic mass is 16.5. The maximum Gasteiger partial charge on any atom is 0.333 e. The molecule has 2 N–H and O–H groups in total. The van der Waals surface area contributed by atoms with Gasteiger partial charge in [-0.3, -0.25) is 0 Å². The van der Waals surface area contributed by atoms with Crippen molar-refractivity contribution in [2.24, 2.45) is 5.73 Å². The van der Waals surface area contributed by atoms with Crippen LogP contribution in [0.2, 0.25) is 0 Å². The second-order valence-electron chi connectivity index (χ2n) is 6.69. The van der Waals surface area contributed by atoms with Crippen molar-refractivity contribution in [3.05, 3.63) is 71.3 Å². The zero-order chi connectivity index (χ0) is 18.9. The molecule has 0 fully saturated rings. The van der Waals surface area contributed by atoms with Crippen LogP contribution in [-0.2, 0) is 29.0 Å². The van der Waals surface area contributed by atoms with Gasteiger partial charge in [-0.2, -0.15) is 0 Å². The van der Waals surface area contributed by atoms with Crippen LogP contribution in [0.3, 0.4) is 0 Å². The number of aryl methyl sites for hydroxylation is 2. The van der Waals surface area contributed by atoms with Gasteiger partial charge in [-0.1, -0.05) is 62.4 Å². The van der Waals surface area contributed by atoms with Crippen LogP contribution in [0.4, 0.5) is 0 Å². The number of esters is 1. The van der Waals surface area contributed by atoms with E-state index in [2.05, 4.69) is 56.0 Å². The van der Waals surface area contributed by atoms with E-state index in [1.807, 2.05) is 0 Å². The number of hydrogen-bond acceptors (Lipinski definition) is 3. The topological polar surface area (TPSA) is 52.3 Å². The highest BCUT2D eigenvalue weighted by molar-refractivity contribution is 5.87. The Morgan fingerprint density at radius 2 is 1.77 bits per heavy atom. The number of benzene rings is 2. The molecule has 0 atom stereocenters. The van der Waals surface area contributed by atoms with Crippen molar-refractivity contribution < 1.29 is 9.53 Å². The quantitative estimate of drug-likeness (QED) is 0.521. The summed E-state index contributed by atoms with van der Waals surface area (Å²) in [7, 11) is 0. The standard InChI is InChI=1S/C23H29NO2/c1-4-6-19-10-13-22(21(15-19)16-26-23(25)17(2)3)20-11-8-18(9-12-20)7-5-14-24/h8-13,15H,2,4-7,14,16,24H2,1,3H3. The first-order chi connectivity index (χ1) is 12.5. The Morgan fingerprint density at radius 3 is 2.38 bits per heavy atom. The minimum atomic E-state index is -0.353. The summed E-state index contributed by atoms with van der Waals surface area (Å²) in [6.45, 7) is 8.44. The number of carbonyl (C=O) groups is 1. The van der Waals surface area contributed by atoms with Crippen LogP contribution in [0, 0.1) is 0 Å². The summed E-state index contributed by atoms with van der Waals surface area (Å²) >= 11 is 0. The molecule has 0 bridgehead atoms. The van der Waals surface area contributed by atoms with Crippen molar-refractivity contribution in [3.63, 3.8) is 0 Å². The van der Waals surface area contributed by atoms with Crippen LogP contribution in [-0.4, -0.2) is 12.5 Å². The maximum atomic E-state index is 11.8. The molecular weight excluding hydrogens is 322 g/mol. The number of rotatable bonds is 9. The molecule has 0 aliphatic heterocycles. The molecular formula is C23H29NO2. The summed E-state index contributed by atoms with van der Waals surface area (Å²) in [4.78, 5) is 11.8. The zero-order valence-electron chi connectivity index (χ0n) is 15.9. The highest BCUT2D eigenvalue weighted by Crippen LogP contribution is 2.27. The first-order valence-electron chi connectivity index (χ1n) is 9.29. The molecule has 0 aliphatic rings. The minimum Gasteiger partial charge on any atom is -0.457 e. The molecule has 2 aromatic carbocycles. The smallest absolute Gasteiger partial charge is 0.333 e. The average molecular weight is 351 g/mol. The second kappa shape index (κ2) is 9.93. The van der Waals surface area contributed by atoms with Gasteiger partial charge in [-0.15, -0.1) is 0 Å². The van der Waals surface area contributed by atoms with Crippen LogP contribution < -0.4 is 5.73 Å². The Kier molecular flexibility index (Phi) is 7.61. The van der Waals surface area contributed by atoms with Crippen molar-refractivity contribution >= 4 is 5.97 Å². The molecule has 0 saturated carbocycles. The molecule has 0 aliphatic carbocycles. The summed E-state index contributed by atoms with van der Waals surface area (Å²) in [5, 5.41) is 0. The lowest BCUT2D eigenvalue weighted by Crippen LogP contribution is -2.06. The van der Waals surface area contributed by atoms with E-state index < -0.39 is 0 Å². The van der Waals surface area contributed by atoms with Crippen LogP contribution in [0.5, 0.6) is 0 Å². The van der Waals surface area contributed by atoms with E-state index in [-0.39, 0.29) is 12.6 Å². The Morgan fingerprint density at radius 1 is 1.08 bits per heavy atom. The lowest BCUT2D eigenvalue weighted by Gasteiger charge is -2.13. The van der Waals surface area contributed by atoms with Gasteiger partial charge in [0.25, 0.3) is 0 Å². The molecule has 3 nitrogen and oxygen atoms in total. The van der Waals surface area contributed by atoms with Crippen molar-refractivity contribution in [2.75, 3.05) is 6.54 Å². The first kappa shape index (κ1) is 19.9. The van der Waals surface area contributed by atoms with Gasteiger partial charge in [0.1, 0.15) is 6.61 Å². The van der Waals surface area contributed by atoms with Crippen molar-refractivity contribution in [1.29, 1.82) is 0 Å². The summed E-state index contributed by atoms with van der Waals surface area (Å²) in [5.41, 5.74) is 11.8. The third-order valence-corrected chi connectivity index (χ3v) is 4.35. The number of ether oxygens (including phenoxy) is 1. The van der Waals surface area contributed by atoms with Crippen molar-refractivity contribution in [1.82, 2.24) is 0 Å².